The molecule has 0 spiro atoms. The van der Waals surface area contributed by atoms with Crippen molar-refractivity contribution < 1.29 is 14.3 Å². The van der Waals surface area contributed by atoms with Crippen LogP contribution in [0.2, 0.25) is 5.02 Å². The molecule has 2 atom stereocenters. The molecular formula is C16H23ClN2O3. The maximum atomic E-state index is 12.8. The Kier molecular flexibility index (Phi) is 6.06. The Morgan fingerprint density at radius 2 is 2.00 bits per heavy atom. The highest BCUT2D eigenvalue weighted by molar-refractivity contribution is 6.31. The molecule has 2 rings (SSSR count). The quantitative estimate of drug-likeness (QED) is 0.843. The normalized spacial score (nSPS) is 21.7. The van der Waals surface area contributed by atoms with Crippen LogP contribution in [0.5, 0.6) is 5.75 Å². The van der Waals surface area contributed by atoms with Crippen LogP contribution in [0.1, 0.15) is 24.2 Å². The maximum Gasteiger partial charge on any atom is 0.257 e. The number of rotatable bonds is 5. The summed E-state index contributed by atoms with van der Waals surface area (Å²) in [6, 6.07) is 5.67. The summed E-state index contributed by atoms with van der Waals surface area (Å²) in [5.41, 5.74) is 0.505. The van der Waals surface area contributed by atoms with Gasteiger partial charge in [-0.25, -0.2) is 0 Å². The van der Waals surface area contributed by atoms with Crippen LogP contribution in [-0.4, -0.2) is 56.3 Å². The molecule has 1 aromatic carbocycles. The van der Waals surface area contributed by atoms with Crippen LogP contribution in [0.3, 0.4) is 0 Å². The van der Waals surface area contributed by atoms with Crippen molar-refractivity contribution in [2.24, 2.45) is 0 Å². The first-order chi connectivity index (χ1) is 10.5. The zero-order valence-electron chi connectivity index (χ0n) is 13.3. The molecule has 0 unspecified atom stereocenters. The Morgan fingerprint density at radius 1 is 1.32 bits per heavy atom. The summed E-state index contributed by atoms with van der Waals surface area (Å²) in [5.74, 6) is 0.500. The average molecular weight is 327 g/mol. The first kappa shape index (κ1) is 17.1. The number of benzene rings is 1. The molecule has 1 heterocycles. The van der Waals surface area contributed by atoms with Crippen LogP contribution in [-0.2, 0) is 4.74 Å². The molecular weight excluding hydrogens is 304 g/mol. The second-order valence-corrected chi connectivity index (χ2v) is 6.10. The Balaban J connectivity index is 2.18. The van der Waals surface area contributed by atoms with Crippen molar-refractivity contribution in [2.75, 3.05) is 33.4 Å². The van der Waals surface area contributed by atoms with Crippen molar-refractivity contribution in [1.82, 2.24) is 10.2 Å². The Bertz CT molecular complexity index is 514. The predicted octanol–water partition coefficient (Wildman–Crippen LogP) is 2.19. The second-order valence-electron chi connectivity index (χ2n) is 5.66. The van der Waals surface area contributed by atoms with Gasteiger partial charge in [0, 0.05) is 37.3 Å². The monoisotopic (exact) mass is 326 g/mol. The molecule has 1 fully saturated rings. The molecule has 0 aliphatic carbocycles. The first-order valence-corrected chi connectivity index (χ1v) is 7.85. The van der Waals surface area contributed by atoms with Gasteiger partial charge in [-0.15, -0.1) is 0 Å². The molecule has 5 nitrogen and oxygen atoms in total. The highest BCUT2D eigenvalue weighted by atomic mass is 35.5. The number of methoxy groups -OCH3 is 1. The van der Waals surface area contributed by atoms with Gasteiger partial charge in [0.05, 0.1) is 12.2 Å². The van der Waals surface area contributed by atoms with Crippen molar-refractivity contribution in [1.29, 1.82) is 0 Å². The molecule has 0 saturated carbocycles. The van der Waals surface area contributed by atoms with Gasteiger partial charge in [-0.1, -0.05) is 11.6 Å². The molecule has 122 valence electrons. The van der Waals surface area contributed by atoms with Crippen LogP contribution in [0, 0.1) is 0 Å². The number of ether oxygens (including phenoxy) is 2. The van der Waals surface area contributed by atoms with E-state index in [0.717, 1.165) is 0 Å². The number of hydrogen-bond donors (Lipinski definition) is 1. The minimum absolute atomic E-state index is 0.0462. The first-order valence-electron chi connectivity index (χ1n) is 7.48. The number of hydrogen-bond acceptors (Lipinski definition) is 4. The third-order valence-corrected chi connectivity index (χ3v) is 3.80. The lowest BCUT2D eigenvalue weighted by molar-refractivity contribution is 0.0667. The SMILES string of the molecule is COCCOc1ccc(Cl)cc1C(=O)N1C[C@@H](C)N[C@@H](C)C1. The summed E-state index contributed by atoms with van der Waals surface area (Å²) < 4.78 is 10.6. The molecule has 1 saturated heterocycles. The molecule has 1 aliphatic rings. The lowest BCUT2D eigenvalue weighted by Crippen LogP contribution is -2.55. The highest BCUT2D eigenvalue weighted by Gasteiger charge is 2.27. The molecule has 0 radical (unpaired) electrons. The molecule has 0 aromatic heterocycles. The van der Waals surface area contributed by atoms with Crippen molar-refractivity contribution in [3.05, 3.63) is 28.8 Å². The fraction of sp³-hybridized carbons (Fsp3) is 0.562. The third kappa shape index (κ3) is 4.35. The van der Waals surface area contributed by atoms with Crippen LogP contribution >= 0.6 is 11.6 Å². The van der Waals surface area contributed by atoms with E-state index >= 15 is 0 Å². The van der Waals surface area contributed by atoms with Crippen molar-refractivity contribution in [2.45, 2.75) is 25.9 Å². The van der Waals surface area contributed by atoms with Gasteiger partial charge < -0.3 is 19.7 Å². The minimum atomic E-state index is -0.0462. The van der Waals surface area contributed by atoms with Gasteiger partial charge in [-0.2, -0.15) is 0 Å². The zero-order valence-corrected chi connectivity index (χ0v) is 14.0. The Labute approximate surface area is 136 Å². The van der Waals surface area contributed by atoms with Gasteiger partial charge in [0.1, 0.15) is 12.4 Å². The maximum absolute atomic E-state index is 12.8. The summed E-state index contributed by atoms with van der Waals surface area (Å²) in [6.45, 7) is 6.36. The van der Waals surface area contributed by atoms with Gasteiger partial charge in [0.15, 0.2) is 0 Å². The van der Waals surface area contributed by atoms with E-state index in [0.29, 0.717) is 42.6 Å². The van der Waals surface area contributed by atoms with Gasteiger partial charge in [-0.3, -0.25) is 4.79 Å². The number of piperazine rings is 1. The average Bonchev–Trinajstić information content (AvgIpc) is 2.47. The van der Waals surface area contributed by atoms with Crippen molar-refractivity contribution in [3.63, 3.8) is 0 Å². The van der Waals surface area contributed by atoms with E-state index in [9.17, 15) is 4.79 Å². The number of halogens is 1. The van der Waals surface area contributed by atoms with Crippen molar-refractivity contribution >= 4 is 17.5 Å². The topological polar surface area (TPSA) is 50.8 Å². The molecule has 0 bridgehead atoms. The summed E-state index contributed by atoms with van der Waals surface area (Å²) in [6.07, 6.45) is 0. The zero-order chi connectivity index (χ0) is 16.1. The van der Waals surface area contributed by atoms with Crippen LogP contribution in [0.4, 0.5) is 0 Å². The molecule has 1 N–H and O–H groups in total. The van der Waals surface area contributed by atoms with Gasteiger partial charge in [0.2, 0.25) is 0 Å². The summed E-state index contributed by atoms with van der Waals surface area (Å²) >= 11 is 6.06. The Hall–Kier alpha value is -1.30. The van der Waals surface area contributed by atoms with Crippen LogP contribution in [0.25, 0.3) is 0 Å². The summed E-state index contributed by atoms with van der Waals surface area (Å²) in [4.78, 5) is 14.7. The molecule has 22 heavy (non-hydrogen) atoms. The fourth-order valence-corrected chi connectivity index (χ4v) is 2.87. The van der Waals surface area contributed by atoms with E-state index < -0.39 is 0 Å². The lowest BCUT2D eigenvalue weighted by atomic mass is 10.1. The predicted molar refractivity (Wildman–Crippen MR) is 86.8 cm³/mol. The van der Waals surface area contributed by atoms with Gasteiger partial charge >= 0.3 is 0 Å². The smallest absolute Gasteiger partial charge is 0.257 e. The van der Waals surface area contributed by atoms with E-state index in [1.807, 2.05) is 4.90 Å². The summed E-state index contributed by atoms with van der Waals surface area (Å²) in [5, 5.41) is 3.94. The highest BCUT2D eigenvalue weighted by Crippen LogP contribution is 2.25. The minimum Gasteiger partial charge on any atom is -0.490 e. The van der Waals surface area contributed by atoms with E-state index in [2.05, 4.69) is 19.2 Å². The van der Waals surface area contributed by atoms with Gasteiger partial charge in [0.25, 0.3) is 5.91 Å². The molecule has 1 aromatic rings. The summed E-state index contributed by atoms with van der Waals surface area (Å²) in [7, 11) is 1.61. The molecule has 1 amide bonds. The standard InChI is InChI=1S/C16H23ClN2O3/c1-11-9-19(10-12(2)18-11)16(20)14-8-13(17)4-5-15(14)22-7-6-21-3/h4-5,8,11-12,18H,6-7,9-10H2,1-3H3/t11-,12+. The fourth-order valence-electron chi connectivity index (χ4n) is 2.69. The van der Waals surface area contributed by atoms with E-state index in [-0.39, 0.29) is 18.0 Å². The number of nitrogens with zero attached hydrogens (tertiary/aromatic N) is 1. The molecule has 1 aliphatic heterocycles. The second kappa shape index (κ2) is 7.81. The largest absolute Gasteiger partial charge is 0.490 e. The Morgan fingerprint density at radius 3 is 2.64 bits per heavy atom. The number of amides is 1. The van der Waals surface area contributed by atoms with Gasteiger partial charge in [-0.05, 0) is 32.0 Å². The number of nitrogens with one attached hydrogen (secondary N) is 1. The van der Waals surface area contributed by atoms with E-state index in [1.54, 1.807) is 25.3 Å². The van der Waals surface area contributed by atoms with Crippen LogP contribution in [0.15, 0.2) is 18.2 Å². The van der Waals surface area contributed by atoms with Crippen LogP contribution < -0.4 is 10.1 Å². The van der Waals surface area contributed by atoms with Crippen molar-refractivity contribution in [3.8, 4) is 5.75 Å². The van der Waals surface area contributed by atoms with E-state index in [1.165, 1.54) is 0 Å². The number of carbonyl (C=O) groups is 1. The third-order valence-electron chi connectivity index (χ3n) is 3.56. The number of carbonyl (C=O) groups excluding carboxylic acids is 1. The van der Waals surface area contributed by atoms with E-state index in [4.69, 9.17) is 21.1 Å². The molecule has 6 heteroatoms. The lowest BCUT2D eigenvalue weighted by Gasteiger charge is -2.36.